The first kappa shape index (κ1) is 21.2. The lowest BCUT2D eigenvalue weighted by Gasteiger charge is -2.32. The molecule has 0 radical (unpaired) electrons. The Morgan fingerprint density at radius 3 is 2.50 bits per heavy atom. The highest BCUT2D eigenvalue weighted by atomic mass is 16.5. The summed E-state index contributed by atoms with van der Waals surface area (Å²) in [6.45, 7) is 0. The molecule has 0 aromatic carbocycles. The second-order valence-electron chi connectivity index (χ2n) is 6.95. The minimum absolute atomic E-state index is 0.0288. The van der Waals surface area contributed by atoms with Crippen LogP contribution in [-0.4, -0.2) is 64.4 Å². The minimum atomic E-state index is -0.717. The first-order valence-electron chi connectivity index (χ1n) is 9.52. The molecule has 1 aliphatic carbocycles. The molecule has 160 valence electrons. The van der Waals surface area contributed by atoms with Gasteiger partial charge in [-0.05, 0) is 12.8 Å². The third-order valence-corrected chi connectivity index (χ3v) is 4.99. The van der Waals surface area contributed by atoms with Gasteiger partial charge in [0.1, 0.15) is 11.3 Å². The zero-order valence-corrected chi connectivity index (χ0v) is 17.0. The van der Waals surface area contributed by atoms with Crippen LogP contribution in [0.1, 0.15) is 46.5 Å². The Morgan fingerprint density at radius 2 is 1.90 bits per heavy atom. The van der Waals surface area contributed by atoms with E-state index in [4.69, 9.17) is 9.47 Å². The molecule has 30 heavy (non-hydrogen) atoms. The fourth-order valence-corrected chi connectivity index (χ4v) is 3.54. The SMILES string of the molecule is COC(=O)N[C@H]1CCCC[C@H]1Nc1nc(C=O)c(C(=O)OC)c(-c2cnn(C)c2)n1. The van der Waals surface area contributed by atoms with Gasteiger partial charge in [0.2, 0.25) is 5.95 Å². The van der Waals surface area contributed by atoms with Crippen molar-refractivity contribution in [3.63, 3.8) is 0 Å². The summed E-state index contributed by atoms with van der Waals surface area (Å²) < 4.78 is 11.1. The Kier molecular flexibility index (Phi) is 6.60. The number of ether oxygens (including phenoxy) is 2. The van der Waals surface area contributed by atoms with E-state index >= 15 is 0 Å². The number of rotatable bonds is 6. The van der Waals surface area contributed by atoms with Gasteiger partial charge in [0, 0.05) is 24.8 Å². The Bertz CT molecular complexity index is 943. The van der Waals surface area contributed by atoms with E-state index in [9.17, 15) is 14.4 Å². The summed E-state index contributed by atoms with van der Waals surface area (Å²) in [4.78, 5) is 44.4. The normalized spacial score (nSPS) is 18.4. The van der Waals surface area contributed by atoms with Gasteiger partial charge in [-0.3, -0.25) is 9.48 Å². The van der Waals surface area contributed by atoms with Gasteiger partial charge in [-0.1, -0.05) is 12.8 Å². The molecule has 1 amide bonds. The topological polar surface area (TPSA) is 137 Å². The molecular formula is C19H24N6O5. The highest BCUT2D eigenvalue weighted by Crippen LogP contribution is 2.27. The highest BCUT2D eigenvalue weighted by molar-refractivity contribution is 6.02. The van der Waals surface area contributed by atoms with Crippen LogP contribution in [0, 0.1) is 0 Å². The standard InChI is InChI=1S/C19H24N6O5/c1-25-9-11(8-20-25)16-15(17(27)29-2)14(10-26)22-18(24-16)21-12-6-4-5-7-13(12)23-19(28)30-3/h8-10,12-13H,4-7H2,1-3H3,(H,23,28)(H,21,22,24)/t12-,13+/m1/s1. The first-order valence-corrected chi connectivity index (χ1v) is 9.52. The van der Waals surface area contributed by atoms with Crippen molar-refractivity contribution in [2.24, 2.45) is 7.05 Å². The van der Waals surface area contributed by atoms with Crippen LogP contribution < -0.4 is 10.6 Å². The fraction of sp³-hybridized carbons (Fsp3) is 0.474. The van der Waals surface area contributed by atoms with Gasteiger partial charge in [0.15, 0.2) is 6.29 Å². The summed E-state index contributed by atoms with van der Waals surface area (Å²) in [5.41, 5.74) is 0.660. The second kappa shape index (κ2) is 9.33. The van der Waals surface area contributed by atoms with Crippen LogP contribution in [0.15, 0.2) is 12.4 Å². The summed E-state index contributed by atoms with van der Waals surface area (Å²) >= 11 is 0. The number of anilines is 1. The quantitative estimate of drug-likeness (QED) is 0.530. The van der Waals surface area contributed by atoms with Crippen LogP contribution in [0.25, 0.3) is 11.3 Å². The number of esters is 1. The molecule has 0 aliphatic heterocycles. The summed E-state index contributed by atoms with van der Waals surface area (Å²) in [6, 6.07) is -0.348. The van der Waals surface area contributed by atoms with Gasteiger partial charge < -0.3 is 20.1 Å². The first-order chi connectivity index (χ1) is 14.5. The third-order valence-electron chi connectivity index (χ3n) is 4.99. The highest BCUT2D eigenvalue weighted by Gasteiger charge is 2.29. The van der Waals surface area contributed by atoms with E-state index in [-0.39, 0.29) is 35.0 Å². The van der Waals surface area contributed by atoms with Crippen molar-refractivity contribution in [2.45, 2.75) is 37.8 Å². The fourth-order valence-electron chi connectivity index (χ4n) is 3.54. The minimum Gasteiger partial charge on any atom is -0.465 e. The van der Waals surface area contributed by atoms with Crippen molar-refractivity contribution in [1.82, 2.24) is 25.1 Å². The average Bonchev–Trinajstić information content (AvgIpc) is 3.20. The van der Waals surface area contributed by atoms with Crippen LogP contribution in [0.4, 0.5) is 10.7 Å². The van der Waals surface area contributed by atoms with Crippen molar-refractivity contribution in [3.05, 3.63) is 23.7 Å². The summed E-state index contributed by atoms with van der Waals surface area (Å²) in [7, 11) is 4.26. The van der Waals surface area contributed by atoms with Crippen molar-refractivity contribution in [3.8, 4) is 11.3 Å². The smallest absolute Gasteiger partial charge is 0.407 e. The maximum absolute atomic E-state index is 12.3. The number of hydrogen-bond donors (Lipinski definition) is 2. The van der Waals surface area contributed by atoms with Crippen LogP contribution in [0.3, 0.4) is 0 Å². The Morgan fingerprint density at radius 1 is 1.17 bits per heavy atom. The predicted octanol–water partition coefficient (Wildman–Crippen LogP) is 1.56. The number of nitrogens with zero attached hydrogens (tertiary/aromatic N) is 4. The van der Waals surface area contributed by atoms with E-state index in [2.05, 4.69) is 25.7 Å². The van der Waals surface area contributed by atoms with Gasteiger partial charge in [0.25, 0.3) is 0 Å². The Hall–Kier alpha value is -3.50. The Labute approximate surface area is 173 Å². The molecule has 1 fully saturated rings. The lowest BCUT2D eigenvalue weighted by molar-refractivity contribution is 0.0598. The van der Waals surface area contributed by atoms with Crippen LogP contribution in [0.2, 0.25) is 0 Å². The van der Waals surface area contributed by atoms with Crippen molar-refractivity contribution in [1.29, 1.82) is 0 Å². The zero-order chi connectivity index (χ0) is 21.7. The van der Waals surface area contributed by atoms with Crippen molar-refractivity contribution >= 4 is 24.3 Å². The number of nitrogens with one attached hydrogen (secondary N) is 2. The molecule has 1 aliphatic rings. The molecule has 11 heteroatoms. The van der Waals surface area contributed by atoms with E-state index in [0.717, 1.165) is 25.7 Å². The zero-order valence-electron chi connectivity index (χ0n) is 17.0. The molecule has 2 N–H and O–H groups in total. The van der Waals surface area contributed by atoms with Gasteiger partial charge in [0.05, 0.1) is 32.2 Å². The molecule has 0 unspecified atom stereocenters. The summed E-state index contributed by atoms with van der Waals surface area (Å²) in [5, 5.41) is 10.1. The van der Waals surface area contributed by atoms with E-state index in [1.165, 1.54) is 20.4 Å². The van der Waals surface area contributed by atoms with Gasteiger partial charge in [-0.25, -0.2) is 19.6 Å². The second-order valence-corrected chi connectivity index (χ2v) is 6.95. The molecule has 1 saturated carbocycles. The summed E-state index contributed by atoms with van der Waals surface area (Å²) in [5.74, 6) is -0.544. The largest absolute Gasteiger partial charge is 0.465 e. The lowest BCUT2D eigenvalue weighted by atomic mass is 9.90. The molecule has 3 rings (SSSR count). The number of hydrogen-bond acceptors (Lipinski definition) is 9. The van der Waals surface area contributed by atoms with E-state index < -0.39 is 12.1 Å². The molecule has 2 atom stereocenters. The van der Waals surface area contributed by atoms with E-state index in [1.54, 1.807) is 17.9 Å². The van der Waals surface area contributed by atoms with Gasteiger partial charge >= 0.3 is 12.1 Å². The molecule has 2 aromatic heterocycles. The maximum Gasteiger partial charge on any atom is 0.407 e. The van der Waals surface area contributed by atoms with Crippen LogP contribution in [-0.2, 0) is 16.5 Å². The molecule has 0 spiro atoms. The van der Waals surface area contributed by atoms with Crippen LogP contribution >= 0.6 is 0 Å². The Balaban J connectivity index is 1.99. The number of methoxy groups -OCH3 is 2. The molecular weight excluding hydrogens is 392 g/mol. The summed E-state index contributed by atoms with van der Waals surface area (Å²) in [6.07, 6.45) is 6.66. The number of aromatic nitrogens is 4. The van der Waals surface area contributed by atoms with Crippen molar-refractivity contribution in [2.75, 3.05) is 19.5 Å². The molecule has 0 bridgehead atoms. The van der Waals surface area contributed by atoms with E-state index in [0.29, 0.717) is 11.8 Å². The lowest BCUT2D eigenvalue weighted by Crippen LogP contribution is -2.48. The third kappa shape index (κ3) is 4.56. The number of alkyl carbamates (subject to hydrolysis) is 1. The predicted molar refractivity (Wildman–Crippen MR) is 106 cm³/mol. The number of aryl methyl sites for hydroxylation is 1. The van der Waals surface area contributed by atoms with Gasteiger partial charge in [-0.15, -0.1) is 0 Å². The van der Waals surface area contributed by atoms with Gasteiger partial charge in [-0.2, -0.15) is 5.10 Å². The molecule has 11 nitrogen and oxygen atoms in total. The van der Waals surface area contributed by atoms with Crippen molar-refractivity contribution < 1.29 is 23.9 Å². The molecule has 2 aromatic rings. The number of carbonyl (C=O) groups excluding carboxylic acids is 3. The van der Waals surface area contributed by atoms with E-state index in [1.807, 2.05) is 0 Å². The average molecular weight is 416 g/mol. The molecule has 0 saturated heterocycles. The maximum atomic E-state index is 12.3. The monoisotopic (exact) mass is 416 g/mol. The number of aldehydes is 1. The molecule has 2 heterocycles. The number of carbonyl (C=O) groups is 3. The van der Waals surface area contributed by atoms with Crippen LogP contribution in [0.5, 0.6) is 0 Å². The number of amides is 1.